The monoisotopic (exact) mass is 276 g/mol. The second kappa shape index (κ2) is 4.72. The van der Waals surface area contributed by atoms with Gasteiger partial charge in [-0.15, -0.1) is 0 Å². The van der Waals surface area contributed by atoms with Gasteiger partial charge in [0.15, 0.2) is 0 Å². The maximum atomic E-state index is 13.2. The highest BCUT2D eigenvalue weighted by atomic mass is 16.2. The zero-order valence-electron chi connectivity index (χ0n) is 12.7. The summed E-state index contributed by atoms with van der Waals surface area (Å²) in [6, 6.07) is 0. The average molecular weight is 276 g/mol. The average Bonchev–Trinajstić information content (AvgIpc) is 2.85. The number of hydrogen-bond donors (Lipinski definition) is 1. The fourth-order valence-corrected chi connectivity index (χ4v) is 6.18. The largest absolute Gasteiger partial charge is 0.342 e. The molecular formula is C17H28N2O. The minimum absolute atomic E-state index is 0.0727. The highest BCUT2D eigenvalue weighted by Gasteiger charge is 2.55. The summed E-state index contributed by atoms with van der Waals surface area (Å²) in [5.41, 5.74) is 0.0727. The quantitative estimate of drug-likeness (QED) is 0.857. The van der Waals surface area contributed by atoms with Crippen LogP contribution in [0.1, 0.15) is 44.9 Å². The Labute approximate surface area is 122 Å². The fraction of sp³-hybridized carbons (Fsp3) is 0.941. The summed E-state index contributed by atoms with van der Waals surface area (Å²) in [5, 5.41) is 3.27. The maximum Gasteiger partial charge on any atom is 0.228 e. The lowest BCUT2D eigenvalue weighted by Gasteiger charge is -2.56. The van der Waals surface area contributed by atoms with Gasteiger partial charge in [0.25, 0.3) is 0 Å². The lowest BCUT2D eigenvalue weighted by Crippen LogP contribution is -2.54. The molecule has 0 aromatic rings. The summed E-state index contributed by atoms with van der Waals surface area (Å²) in [4.78, 5) is 15.4. The second-order valence-corrected chi connectivity index (χ2v) is 8.16. The Bertz CT molecular complexity index is 371. The van der Waals surface area contributed by atoms with Crippen LogP contribution in [-0.2, 0) is 4.79 Å². The topological polar surface area (TPSA) is 32.3 Å². The minimum atomic E-state index is 0.0727. The van der Waals surface area contributed by atoms with E-state index in [1.165, 1.54) is 44.9 Å². The third kappa shape index (κ3) is 2.01. The van der Waals surface area contributed by atoms with Gasteiger partial charge in [-0.2, -0.15) is 0 Å². The Morgan fingerprint density at radius 3 is 2.30 bits per heavy atom. The van der Waals surface area contributed by atoms with Crippen molar-refractivity contribution in [3.05, 3.63) is 0 Å². The van der Waals surface area contributed by atoms with E-state index in [0.29, 0.717) is 11.8 Å². The molecule has 3 nitrogen and oxygen atoms in total. The first-order chi connectivity index (χ1) is 9.68. The number of carbonyl (C=O) groups is 1. The predicted octanol–water partition coefficient (Wildman–Crippen LogP) is 2.27. The molecule has 4 aliphatic carbocycles. The van der Waals surface area contributed by atoms with Crippen molar-refractivity contribution in [2.75, 3.05) is 26.7 Å². The molecule has 0 aromatic heterocycles. The molecule has 5 rings (SSSR count). The Morgan fingerprint density at radius 1 is 1.15 bits per heavy atom. The summed E-state index contributed by atoms with van der Waals surface area (Å²) in [7, 11) is 2.02. The lowest BCUT2D eigenvalue weighted by molar-refractivity contribution is -0.156. The van der Waals surface area contributed by atoms with Crippen molar-refractivity contribution in [2.24, 2.45) is 29.1 Å². The molecule has 20 heavy (non-hydrogen) atoms. The Hall–Kier alpha value is -0.570. The first-order valence-corrected chi connectivity index (χ1v) is 8.62. The van der Waals surface area contributed by atoms with E-state index in [0.717, 1.165) is 37.4 Å². The van der Waals surface area contributed by atoms with E-state index in [4.69, 9.17) is 0 Å². The number of hydrogen-bond acceptors (Lipinski definition) is 2. The number of rotatable bonds is 3. The van der Waals surface area contributed by atoms with Crippen LogP contribution >= 0.6 is 0 Å². The van der Waals surface area contributed by atoms with Crippen LogP contribution in [0.3, 0.4) is 0 Å². The summed E-state index contributed by atoms with van der Waals surface area (Å²) in [5.74, 6) is 3.84. The molecule has 1 unspecified atom stereocenters. The van der Waals surface area contributed by atoms with Crippen molar-refractivity contribution in [3.8, 4) is 0 Å². The summed E-state index contributed by atoms with van der Waals surface area (Å²) in [6.07, 6.45) is 9.11. The van der Waals surface area contributed by atoms with E-state index >= 15 is 0 Å². The molecule has 0 spiro atoms. The van der Waals surface area contributed by atoms with Gasteiger partial charge in [0.2, 0.25) is 5.91 Å². The number of likely N-dealkylation sites (tertiary alicyclic amines) is 1. The van der Waals surface area contributed by atoms with Gasteiger partial charge in [-0.25, -0.2) is 0 Å². The van der Waals surface area contributed by atoms with Crippen LogP contribution in [0.5, 0.6) is 0 Å². The third-order valence-corrected chi connectivity index (χ3v) is 6.56. The van der Waals surface area contributed by atoms with Gasteiger partial charge < -0.3 is 10.2 Å². The van der Waals surface area contributed by atoms with Gasteiger partial charge in [0, 0.05) is 13.1 Å². The van der Waals surface area contributed by atoms with Crippen molar-refractivity contribution < 1.29 is 4.79 Å². The normalized spacial score (nSPS) is 46.1. The van der Waals surface area contributed by atoms with Crippen LogP contribution in [0.4, 0.5) is 0 Å². The molecule has 1 saturated heterocycles. The molecule has 0 aromatic carbocycles. The van der Waals surface area contributed by atoms with Crippen LogP contribution in [-0.4, -0.2) is 37.5 Å². The standard InChI is InChI=1S/C17H28N2O/c1-18-10-12-2-3-19(11-12)16(20)17-7-13-4-14(8-17)6-15(5-13)9-17/h12-15,18H,2-11H2,1H3. The van der Waals surface area contributed by atoms with Crippen LogP contribution in [0.15, 0.2) is 0 Å². The van der Waals surface area contributed by atoms with E-state index in [9.17, 15) is 4.79 Å². The van der Waals surface area contributed by atoms with Crippen molar-refractivity contribution in [2.45, 2.75) is 44.9 Å². The SMILES string of the molecule is CNCC1CCN(C(=O)C23CC4CC(CC(C4)C2)C3)C1. The molecule has 1 atom stereocenters. The fourth-order valence-electron chi connectivity index (χ4n) is 6.18. The molecule has 1 heterocycles. The highest BCUT2D eigenvalue weighted by molar-refractivity contribution is 5.83. The molecule has 4 saturated carbocycles. The van der Waals surface area contributed by atoms with Gasteiger partial charge in [-0.05, 0) is 82.2 Å². The second-order valence-electron chi connectivity index (χ2n) is 8.16. The van der Waals surface area contributed by atoms with Gasteiger partial charge >= 0.3 is 0 Å². The van der Waals surface area contributed by atoms with Gasteiger partial charge in [-0.1, -0.05) is 0 Å². The van der Waals surface area contributed by atoms with Crippen molar-refractivity contribution >= 4 is 5.91 Å². The molecular weight excluding hydrogens is 248 g/mol. The number of amides is 1. The van der Waals surface area contributed by atoms with E-state index in [2.05, 4.69) is 10.2 Å². The number of carbonyl (C=O) groups excluding carboxylic acids is 1. The first kappa shape index (κ1) is 13.1. The van der Waals surface area contributed by atoms with Crippen LogP contribution in [0.2, 0.25) is 0 Å². The van der Waals surface area contributed by atoms with E-state index in [1.54, 1.807) is 0 Å². The zero-order chi connectivity index (χ0) is 13.7. The molecule has 1 N–H and O–H groups in total. The molecule has 3 heteroatoms. The molecule has 1 amide bonds. The summed E-state index contributed by atoms with van der Waals surface area (Å²) >= 11 is 0. The van der Waals surface area contributed by atoms with Crippen LogP contribution in [0.25, 0.3) is 0 Å². The number of nitrogens with one attached hydrogen (secondary N) is 1. The van der Waals surface area contributed by atoms with E-state index < -0.39 is 0 Å². The van der Waals surface area contributed by atoms with Crippen molar-refractivity contribution in [3.63, 3.8) is 0 Å². The predicted molar refractivity (Wildman–Crippen MR) is 79.2 cm³/mol. The third-order valence-electron chi connectivity index (χ3n) is 6.56. The maximum absolute atomic E-state index is 13.2. The van der Waals surface area contributed by atoms with Gasteiger partial charge in [0.1, 0.15) is 0 Å². The van der Waals surface area contributed by atoms with E-state index in [1.807, 2.05) is 7.05 Å². The van der Waals surface area contributed by atoms with E-state index in [-0.39, 0.29) is 5.41 Å². The lowest BCUT2D eigenvalue weighted by atomic mass is 9.49. The van der Waals surface area contributed by atoms with Crippen molar-refractivity contribution in [1.29, 1.82) is 0 Å². The van der Waals surface area contributed by atoms with Gasteiger partial charge in [0.05, 0.1) is 5.41 Å². The van der Waals surface area contributed by atoms with Crippen LogP contribution in [0, 0.1) is 29.1 Å². The molecule has 4 bridgehead atoms. The minimum Gasteiger partial charge on any atom is -0.342 e. The molecule has 1 aliphatic heterocycles. The zero-order valence-corrected chi connectivity index (χ0v) is 12.7. The highest BCUT2D eigenvalue weighted by Crippen LogP contribution is 2.60. The Kier molecular flexibility index (Phi) is 3.10. The smallest absolute Gasteiger partial charge is 0.228 e. The summed E-state index contributed by atoms with van der Waals surface area (Å²) in [6.45, 7) is 3.07. The van der Waals surface area contributed by atoms with Crippen molar-refractivity contribution in [1.82, 2.24) is 10.2 Å². The molecule has 5 aliphatic rings. The molecule has 5 fully saturated rings. The Morgan fingerprint density at radius 2 is 1.75 bits per heavy atom. The molecule has 112 valence electrons. The Balaban J connectivity index is 1.48. The first-order valence-electron chi connectivity index (χ1n) is 8.62. The number of nitrogens with zero attached hydrogens (tertiary/aromatic N) is 1. The molecule has 0 radical (unpaired) electrons. The van der Waals surface area contributed by atoms with Gasteiger partial charge in [-0.3, -0.25) is 4.79 Å². The summed E-state index contributed by atoms with van der Waals surface area (Å²) < 4.78 is 0. The van der Waals surface area contributed by atoms with Crippen LogP contribution < -0.4 is 5.32 Å².